The van der Waals surface area contributed by atoms with Crippen molar-refractivity contribution in [3.05, 3.63) is 58.0 Å². The highest BCUT2D eigenvalue weighted by molar-refractivity contribution is 7.99. The molecule has 4 rings (SSSR count). The lowest BCUT2D eigenvalue weighted by molar-refractivity contribution is 0.0743. The van der Waals surface area contributed by atoms with E-state index in [0.717, 1.165) is 11.3 Å². The van der Waals surface area contributed by atoms with Crippen LogP contribution in [0.25, 0.3) is 21.7 Å². The predicted molar refractivity (Wildman–Crippen MR) is 124 cm³/mol. The van der Waals surface area contributed by atoms with E-state index in [1.807, 2.05) is 62.5 Å². The Morgan fingerprint density at radius 2 is 2.00 bits per heavy atom. The molecule has 0 aliphatic rings. The van der Waals surface area contributed by atoms with Crippen molar-refractivity contribution in [1.29, 1.82) is 0 Å². The smallest absolute Gasteiger partial charge is 0.262 e. The third-order valence-corrected chi connectivity index (χ3v) is 6.54. The van der Waals surface area contributed by atoms with Crippen LogP contribution in [0.4, 0.5) is 0 Å². The van der Waals surface area contributed by atoms with Crippen LogP contribution in [0, 0.1) is 0 Å². The van der Waals surface area contributed by atoms with E-state index in [1.54, 1.807) is 15.9 Å². The van der Waals surface area contributed by atoms with E-state index >= 15 is 0 Å². The molecule has 31 heavy (non-hydrogen) atoms. The molecule has 1 unspecified atom stereocenters. The van der Waals surface area contributed by atoms with Gasteiger partial charge in [-0.3, -0.25) is 9.36 Å². The Hall–Kier alpha value is -2.49. The van der Waals surface area contributed by atoms with Crippen LogP contribution in [0.5, 0.6) is 0 Å². The Bertz CT molecular complexity index is 1200. The molecule has 0 saturated carbocycles. The van der Waals surface area contributed by atoms with E-state index in [4.69, 9.17) is 14.1 Å². The summed E-state index contributed by atoms with van der Waals surface area (Å²) in [5, 5.41) is 11.4. The van der Waals surface area contributed by atoms with Crippen LogP contribution in [0.15, 0.2) is 56.1 Å². The fourth-order valence-electron chi connectivity index (χ4n) is 3.08. The minimum absolute atomic E-state index is 0.0466. The highest BCUT2D eigenvalue weighted by Gasteiger charge is 2.20. The number of rotatable bonds is 9. The molecule has 0 N–H and O–H groups in total. The summed E-state index contributed by atoms with van der Waals surface area (Å²) < 4.78 is 13.2. The molecule has 7 nitrogen and oxygen atoms in total. The van der Waals surface area contributed by atoms with Crippen molar-refractivity contribution in [2.24, 2.45) is 0 Å². The summed E-state index contributed by atoms with van der Waals surface area (Å²) in [5.41, 5.74) is 0.635. The van der Waals surface area contributed by atoms with E-state index in [1.165, 1.54) is 11.8 Å². The Morgan fingerprint density at radius 1 is 1.16 bits per heavy atom. The van der Waals surface area contributed by atoms with E-state index in [-0.39, 0.29) is 16.9 Å². The molecule has 162 valence electrons. The molecule has 0 amide bonds. The van der Waals surface area contributed by atoms with Crippen LogP contribution >= 0.6 is 23.1 Å². The average Bonchev–Trinajstić information content (AvgIpc) is 3.44. The van der Waals surface area contributed by atoms with Gasteiger partial charge in [-0.15, -0.1) is 21.5 Å². The number of thioether (sulfide) groups is 1. The largest absolute Gasteiger partial charge is 0.419 e. The first-order valence-electron chi connectivity index (χ1n) is 10.2. The van der Waals surface area contributed by atoms with Gasteiger partial charge in [0.15, 0.2) is 5.16 Å². The van der Waals surface area contributed by atoms with Crippen molar-refractivity contribution in [3.63, 3.8) is 0 Å². The van der Waals surface area contributed by atoms with Gasteiger partial charge in [0.1, 0.15) is 0 Å². The van der Waals surface area contributed by atoms with Gasteiger partial charge >= 0.3 is 0 Å². The van der Waals surface area contributed by atoms with Gasteiger partial charge in [0.25, 0.3) is 11.4 Å². The molecule has 0 aliphatic carbocycles. The van der Waals surface area contributed by atoms with Gasteiger partial charge in [-0.05, 0) is 50.8 Å². The second-order valence-electron chi connectivity index (χ2n) is 7.32. The zero-order chi connectivity index (χ0) is 21.8. The van der Waals surface area contributed by atoms with E-state index in [9.17, 15) is 4.79 Å². The molecule has 3 heterocycles. The second kappa shape index (κ2) is 9.76. The lowest BCUT2D eigenvalue weighted by atomic mass is 10.2. The molecule has 0 saturated heterocycles. The summed E-state index contributed by atoms with van der Waals surface area (Å²) in [6.07, 6.45) is 0.888. The number of nitrogens with zero attached hydrogens (tertiary/aromatic N) is 4. The number of fused-ring (bicyclic) bond motifs is 1. The van der Waals surface area contributed by atoms with Crippen LogP contribution in [0.3, 0.4) is 0 Å². The summed E-state index contributed by atoms with van der Waals surface area (Å²) in [4.78, 5) is 18.9. The first kappa shape index (κ1) is 21.7. The maximum Gasteiger partial charge on any atom is 0.262 e. The number of thiophene rings is 1. The molecule has 0 radical (unpaired) electrons. The number of aromatic nitrogens is 4. The molecular weight excluding hydrogens is 432 g/mol. The molecule has 1 aromatic carbocycles. The number of ether oxygens (including phenoxy) is 1. The first-order valence-corrected chi connectivity index (χ1v) is 11.9. The third-order valence-electron chi connectivity index (χ3n) is 4.61. The molecule has 0 bridgehead atoms. The summed E-state index contributed by atoms with van der Waals surface area (Å²) in [6.45, 7) is 7.10. The predicted octanol–water partition coefficient (Wildman–Crippen LogP) is 5.18. The van der Waals surface area contributed by atoms with Gasteiger partial charge in [0.05, 0.1) is 27.1 Å². The van der Waals surface area contributed by atoms with Gasteiger partial charge in [-0.1, -0.05) is 30.0 Å². The molecule has 3 aromatic heterocycles. The maximum atomic E-state index is 13.2. The topological polar surface area (TPSA) is 83.0 Å². The van der Waals surface area contributed by atoms with Gasteiger partial charge in [0.2, 0.25) is 5.89 Å². The van der Waals surface area contributed by atoms with E-state index < -0.39 is 0 Å². The Balaban J connectivity index is 1.60. The van der Waals surface area contributed by atoms with Crippen molar-refractivity contribution in [2.45, 2.75) is 50.2 Å². The summed E-state index contributed by atoms with van der Waals surface area (Å²) in [7, 11) is 0. The van der Waals surface area contributed by atoms with Crippen molar-refractivity contribution < 1.29 is 9.15 Å². The molecule has 0 spiro atoms. The van der Waals surface area contributed by atoms with Crippen LogP contribution in [-0.2, 0) is 11.3 Å². The molecular formula is C22H24N4O3S2. The Labute approximate surface area is 188 Å². The van der Waals surface area contributed by atoms with E-state index in [2.05, 4.69) is 10.2 Å². The summed E-state index contributed by atoms with van der Waals surface area (Å²) in [5.74, 6) is 1.01. The lowest BCUT2D eigenvalue weighted by Crippen LogP contribution is -2.24. The minimum Gasteiger partial charge on any atom is -0.419 e. The van der Waals surface area contributed by atoms with Crippen LogP contribution < -0.4 is 5.56 Å². The number of hydrogen-bond acceptors (Lipinski definition) is 8. The van der Waals surface area contributed by atoms with Gasteiger partial charge < -0.3 is 9.15 Å². The third kappa shape index (κ3) is 5.06. The minimum atomic E-state index is -0.160. The van der Waals surface area contributed by atoms with Crippen LogP contribution in [-0.4, -0.2) is 32.5 Å². The van der Waals surface area contributed by atoms with Gasteiger partial charge in [0, 0.05) is 13.2 Å². The monoisotopic (exact) mass is 456 g/mol. The van der Waals surface area contributed by atoms with Gasteiger partial charge in [-0.25, -0.2) is 4.98 Å². The van der Waals surface area contributed by atoms with Crippen molar-refractivity contribution in [3.8, 4) is 10.8 Å². The molecule has 4 aromatic rings. The number of benzene rings is 1. The molecule has 1 atom stereocenters. The average molecular weight is 457 g/mol. The standard InChI is InChI=1S/C22H24N4O3S2/c1-14(2)28-12-7-11-26-21(27)16-8-4-5-9-17(16)23-22(26)31-15(3)19-24-25-20(29-19)18-10-6-13-30-18/h4-6,8-10,13-15H,7,11-12H2,1-3H3. The van der Waals surface area contributed by atoms with Crippen LogP contribution in [0.1, 0.15) is 38.3 Å². The molecule has 0 aliphatic heterocycles. The SMILES string of the molecule is CC(C)OCCCn1c(SC(C)c2nnc(-c3cccs3)o2)nc2ccccc2c1=O. The zero-order valence-corrected chi connectivity index (χ0v) is 19.3. The first-order chi connectivity index (χ1) is 15.0. The summed E-state index contributed by atoms with van der Waals surface area (Å²) in [6, 6.07) is 11.3. The summed E-state index contributed by atoms with van der Waals surface area (Å²) >= 11 is 3.00. The highest BCUT2D eigenvalue weighted by Crippen LogP contribution is 2.35. The second-order valence-corrected chi connectivity index (χ2v) is 9.58. The lowest BCUT2D eigenvalue weighted by Gasteiger charge is -2.15. The van der Waals surface area contributed by atoms with E-state index in [0.29, 0.717) is 41.0 Å². The maximum absolute atomic E-state index is 13.2. The molecule has 0 fully saturated rings. The molecule has 9 heteroatoms. The van der Waals surface area contributed by atoms with Crippen LogP contribution in [0.2, 0.25) is 0 Å². The Morgan fingerprint density at radius 3 is 2.77 bits per heavy atom. The normalized spacial score (nSPS) is 12.6. The fraction of sp³-hybridized carbons (Fsp3) is 0.364. The zero-order valence-electron chi connectivity index (χ0n) is 17.6. The van der Waals surface area contributed by atoms with Crippen molar-refractivity contribution >= 4 is 34.0 Å². The number of hydrogen-bond donors (Lipinski definition) is 0. The fourth-order valence-corrected chi connectivity index (χ4v) is 4.69. The van der Waals surface area contributed by atoms with Gasteiger partial charge in [-0.2, -0.15) is 0 Å². The van der Waals surface area contributed by atoms with Crippen molar-refractivity contribution in [2.75, 3.05) is 6.61 Å². The van der Waals surface area contributed by atoms with Crippen molar-refractivity contribution in [1.82, 2.24) is 19.7 Å². The highest BCUT2D eigenvalue weighted by atomic mass is 32.2. The quantitative estimate of drug-likeness (QED) is 0.195. The Kier molecular flexibility index (Phi) is 6.84. The number of para-hydroxylation sites is 1.